The molecule has 0 unspecified atom stereocenters. The lowest BCUT2D eigenvalue weighted by Crippen LogP contribution is -1.76. The second-order valence-corrected chi connectivity index (χ2v) is 1.25. The lowest BCUT2D eigenvalue weighted by atomic mass is 10.3. The monoisotopic (exact) mass is 120 g/mol. The summed E-state index contributed by atoms with van der Waals surface area (Å²) in [6, 6.07) is 3.41. The third-order valence-electron chi connectivity index (χ3n) is 0.669. The molecule has 0 rings (SSSR count). The number of hydrogen-bond acceptors (Lipinski definition) is 3. The van der Waals surface area contributed by atoms with Gasteiger partial charge in [-0.2, -0.15) is 10.5 Å². The fourth-order valence-corrected chi connectivity index (χ4v) is 0.276. The molecular formula is C6H4N2O. The molecule has 0 spiro atoms. The van der Waals surface area contributed by atoms with Crippen LogP contribution in [0.25, 0.3) is 0 Å². The molecule has 0 amide bonds. The van der Waals surface area contributed by atoms with Crippen molar-refractivity contribution in [3.63, 3.8) is 0 Å². The number of allylic oxidation sites excluding steroid dienone is 2. The minimum absolute atomic E-state index is 0.0107. The minimum atomic E-state index is 0.0107. The highest BCUT2D eigenvalue weighted by molar-refractivity contribution is 5.78. The van der Waals surface area contributed by atoms with Gasteiger partial charge in [0.05, 0.1) is 18.1 Å². The zero-order chi connectivity index (χ0) is 7.11. The summed E-state index contributed by atoms with van der Waals surface area (Å²) in [5, 5.41) is 16.1. The maximum absolute atomic E-state index is 9.84. The van der Waals surface area contributed by atoms with Crippen LogP contribution in [-0.4, -0.2) is 6.29 Å². The number of nitriles is 2. The molecule has 0 saturated carbocycles. The summed E-state index contributed by atoms with van der Waals surface area (Å²) >= 11 is 0. The number of carbonyl (C=O) groups is 1. The van der Waals surface area contributed by atoms with Crippen molar-refractivity contribution in [1.82, 2.24) is 0 Å². The second-order valence-electron chi connectivity index (χ2n) is 1.25. The van der Waals surface area contributed by atoms with Crippen molar-refractivity contribution in [3.05, 3.63) is 11.6 Å². The average Bonchev–Trinajstić information content (AvgIpc) is 1.91. The number of rotatable bonds is 2. The highest BCUT2D eigenvalue weighted by Crippen LogP contribution is 1.87. The molecule has 0 aromatic heterocycles. The van der Waals surface area contributed by atoms with Crippen molar-refractivity contribution in [2.75, 3.05) is 0 Å². The van der Waals surface area contributed by atoms with Crippen molar-refractivity contribution >= 4 is 6.29 Å². The topological polar surface area (TPSA) is 64.7 Å². The van der Waals surface area contributed by atoms with Gasteiger partial charge in [-0.1, -0.05) is 0 Å². The number of carbonyl (C=O) groups excluding carboxylic acids is 1. The van der Waals surface area contributed by atoms with Crippen LogP contribution < -0.4 is 0 Å². The summed E-state index contributed by atoms with van der Waals surface area (Å²) in [6.07, 6.45) is 1.83. The Morgan fingerprint density at radius 2 is 2.22 bits per heavy atom. The molecular weight excluding hydrogens is 116 g/mol. The Balaban J connectivity index is 3.99. The van der Waals surface area contributed by atoms with Crippen LogP contribution in [0, 0.1) is 22.7 Å². The predicted octanol–water partition coefficient (Wildman–Crippen LogP) is 0.549. The summed E-state index contributed by atoms with van der Waals surface area (Å²) in [4.78, 5) is 9.84. The van der Waals surface area contributed by atoms with Gasteiger partial charge in [-0.15, -0.1) is 0 Å². The van der Waals surface area contributed by atoms with E-state index in [9.17, 15) is 4.79 Å². The quantitative estimate of drug-likeness (QED) is 0.303. The maximum Gasteiger partial charge on any atom is 0.160 e. The molecule has 0 aliphatic rings. The van der Waals surface area contributed by atoms with Gasteiger partial charge in [0.25, 0.3) is 0 Å². The molecule has 0 atom stereocenters. The van der Waals surface area contributed by atoms with E-state index in [0.717, 1.165) is 0 Å². The van der Waals surface area contributed by atoms with E-state index >= 15 is 0 Å². The Morgan fingerprint density at radius 1 is 1.56 bits per heavy atom. The zero-order valence-corrected chi connectivity index (χ0v) is 4.66. The highest BCUT2D eigenvalue weighted by atomic mass is 16.1. The molecule has 0 aliphatic carbocycles. The van der Waals surface area contributed by atoms with Crippen LogP contribution in [0.1, 0.15) is 6.42 Å². The molecule has 9 heavy (non-hydrogen) atoms. The van der Waals surface area contributed by atoms with Crippen LogP contribution in [0.5, 0.6) is 0 Å². The van der Waals surface area contributed by atoms with Gasteiger partial charge in [-0.25, -0.2) is 0 Å². The molecule has 0 aromatic rings. The van der Waals surface area contributed by atoms with Gasteiger partial charge in [0.15, 0.2) is 6.29 Å². The highest BCUT2D eigenvalue weighted by Gasteiger charge is 1.87. The summed E-state index contributed by atoms with van der Waals surface area (Å²) in [5.74, 6) is 0. The first kappa shape index (κ1) is 7.39. The summed E-state index contributed by atoms with van der Waals surface area (Å²) < 4.78 is 0. The number of aldehydes is 1. The first-order valence-electron chi connectivity index (χ1n) is 2.27. The lowest BCUT2D eigenvalue weighted by Gasteiger charge is -1.75. The Labute approximate surface area is 52.8 Å². The minimum Gasteiger partial charge on any atom is -0.297 e. The van der Waals surface area contributed by atoms with Gasteiger partial charge in [-0.3, -0.25) is 4.79 Å². The fraction of sp³-hybridized carbons (Fsp3) is 0.167. The third-order valence-corrected chi connectivity index (χ3v) is 0.669. The van der Waals surface area contributed by atoms with Gasteiger partial charge >= 0.3 is 0 Å². The predicted molar refractivity (Wildman–Crippen MR) is 30.0 cm³/mol. The smallest absolute Gasteiger partial charge is 0.160 e. The molecule has 44 valence electrons. The van der Waals surface area contributed by atoms with Gasteiger partial charge in [0.2, 0.25) is 0 Å². The summed E-state index contributed by atoms with van der Waals surface area (Å²) in [6.45, 7) is 0. The first-order valence-corrected chi connectivity index (χ1v) is 2.27. The van der Waals surface area contributed by atoms with Crippen LogP contribution in [-0.2, 0) is 4.79 Å². The average molecular weight is 120 g/mol. The van der Waals surface area contributed by atoms with Crippen molar-refractivity contribution in [2.24, 2.45) is 0 Å². The Morgan fingerprint density at radius 3 is 2.56 bits per heavy atom. The van der Waals surface area contributed by atoms with Crippen molar-refractivity contribution in [3.8, 4) is 12.1 Å². The molecule has 3 nitrogen and oxygen atoms in total. The van der Waals surface area contributed by atoms with Crippen molar-refractivity contribution < 1.29 is 4.79 Å². The number of hydrogen-bond donors (Lipinski definition) is 0. The molecule has 3 heteroatoms. The van der Waals surface area contributed by atoms with E-state index in [-0.39, 0.29) is 12.0 Å². The van der Waals surface area contributed by atoms with Crippen LogP contribution in [0.15, 0.2) is 11.6 Å². The normalized spacial score (nSPS) is 9.33. The van der Waals surface area contributed by atoms with Gasteiger partial charge in [0.1, 0.15) is 6.07 Å². The van der Waals surface area contributed by atoms with Gasteiger partial charge < -0.3 is 0 Å². The van der Waals surface area contributed by atoms with Crippen molar-refractivity contribution in [1.29, 1.82) is 10.5 Å². The zero-order valence-electron chi connectivity index (χ0n) is 4.66. The molecule has 0 heterocycles. The fourth-order valence-electron chi connectivity index (χ4n) is 0.276. The van der Waals surface area contributed by atoms with E-state index in [2.05, 4.69) is 0 Å². The molecule has 0 aromatic carbocycles. The molecule has 0 bridgehead atoms. The Kier molecular flexibility index (Phi) is 3.73. The maximum atomic E-state index is 9.84. The van der Waals surface area contributed by atoms with Crippen LogP contribution in [0.3, 0.4) is 0 Å². The standard InChI is InChI=1S/C6H4N2O/c7-3-1-2-6(4-8)5-9/h2,5H,1H2/b6-2+. The van der Waals surface area contributed by atoms with E-state index in [1.54, 1.807) is 12.1 Å². The second kappa shape index (κ2) is 4.55. The first-order chi connectivity index (χ1) is 4.35. The van der Waals surface area contributed by atoms with Crippen LogP contribution >= 0.6 is 0 Å². The van der Waals surface area contributed by atoms with Crippen LogP contribution in [0.4, 0.5) is 0 Å². The Bertz CT molecular complexity index is 204. The number of nitrogens with zero attached hydrogens (tertiary/aromatic N) is 2. The van der Waals surface area contributed by atoms with E-state index in [1.807, 2.05) is 0 Å². The van der Waals surface area contributed by atoms with E-state index in [1.165, 1.54) is 6.08 Å². The molecule has 0 radical (unpaired) electrons. The lowest BCUT2D eigenvalue weighted by molar-refractivity contribution is -0.104. The Hall–Kier alpha value is -1.61. The van der Waals surface area contributed by atoms with Crippen molar-refractivity contribution in [2.45, 2.75) is 6.42 Å². The SMILES string of the molecule is N#CC/C=C(\C#N)C=O. The van der Waals surface area contributed by atoms with Crippen LogP contribution in [0.2, 0.25) is 0 Å². The van der Waals surface area contributed by atoms with Gasteiger partial charge in [-0.05, 0) is 6.08 Å². The molecule has 0 saturated heterocycles. The van der Waals surface area contributed by atoms with E-state index in [4.69, 9.17) is 10.5 Å². The van der Waals surface area contributed by atoms with E-state index in [0.29, 0.717) is 6.29 Å². The van der Waals surface area contributed by atoms with Gasteiger partial charge in [0, 0.05) is 0 Å². The summed E-state index contributed by atoms with van der Waals surface area (Å²) in [5.41, 5.74) is 0.0107. The summed E-state index contributed by atoms with van der Waals surface area (Å²) in [7, 11) is 0. The van der Waals surface area contributed by atoms with E-state index < -0.39 is 0 Å². The molecule has 0 aliphatic heterocycles. The third kappa shape index (κ3) is 3.02. The molecule has 0 N–H and O–H groups in total. The molecule has 0 fully saturated rings. The largest absolute Gasteiger partial charge is 0.297 e.